The highest BCUT2D eigenvalue weighted by Gasteiger charge is 2.26. The van der Waals surface area contributed by atoms with Crippen molar-refractivity contribution in [2.45, 2.75) is 39.2 Å². The third-order valence-electron chi connectivity index (χ3n) is 5.74. The maximum atomic E-state index is 5.40. The average Bonchev–Trinajstić information content (AvgIpc) is 3.32. The molecule has 0 amide bonds. The lowest BCUT2D eigenvalue weighted by Crippen LogP contribution is -2.31. The van der Waals surface area contributed by atoms with Gasteiger partial charge >= 0.3 is 0 Å². The van der Waals surface area contributed by atoms with Gasteiger partial charge in [0.1, 0.15) is 11.6 Å². The molecule has 0 unspecified atom stereocenters. The van der Waals surface area contributed by atoms with Gasteiger partial charge in [-0.1, -0.05) is 6.07 Å². The number of rotatable bonds is 8. The minimum absolute atomic E-state index is 0.0333. The van der Waals surface area contributed by atoms with E-state index in [1.165, 1.54) is 5.56 Å². The van der Waals surface area contributed by atoms with E-state index < -0.39 is 0 Å². The van der Waals surface area contributed by atoms with Gasteiger partial charge in [-0.05, 0) is 56.4 Å². The number of ether oxygens (including phenoxy) is 3. The quantitative estimate of drug-likeness (QED) is 0.612. The second kappa shape index (κ2) is 8.62. The second-order valence-corrected chi connectivity index (χ2v) is 7.87. The van der Waals surface area contributed by atoms with Crippen LogP contribution in [0.2, 0.25) is 0 Å². The number of hydrogen-bond acceptors (Lipinski definition) is 6. The lowest BCUT2D eigenvalue weighted by atomic mass is 10.0. The lowest BCUT2D eigenvalue weighted by molar-refractivity contribution is 0.126. The van der Waals surface area contributed by atoms with E-state index in [1.807, 2.05) is 17.5 Å². The molecule has 0 radical (unpaired) electrons. The molecule has 2 aromatic heterocycles. The average molecular weight is 411 g/mol. The zero-order valence-electron chi connectivity index (χ0n) is 18.4. The van der Waals surface area contributed by atoms with Crippen molar-refractivity contribution in [1.82, 2.24) is 14.6 Å². The summed E-state index contributed by atoms with van der Waals surface area (Å²) in [4.78, 5) is 5.06. The van der Waals surface area contributed by atoms with Crippen LogP contribution in [0.1, 0.15) is 28.9 Å². The first-order valence-corrected chi connectivity index (χ1v) is 10.4. The number of nitrogens with zero attached hydrogens (tertiary/aromatic N) is 3. The van der Waals surface area contributed by atoms with Gasteiger partial charge in [0.25, 0.3) is 0 Å². The van der Waals surface area contributed by atoms with Crippen LogP contribution in [-0.2, 0) is 22.3 Å². The molecule has 30 heavy (non-hydrogen) atoms. The van der Waals surface area contributed by atoms with Crippen molar-refractivity contribution in [2.24, 2.45) is 0 Å². The van der Waals surface area contributed by atoms with Crippen LogP contribution in [0.4, 0.5) is 5.82 Å². The van der Waals surface area contributed by atoms with Gasteiger partial charge in [0.2, 0.25) is 0 Å². The highest BCUT2D eigenvalue weighted by molar-refractivity contribution is 5.83. The molecule has 1 aromatic carbocycles. The summed E-state index contributed by atoms with van der Waals surface area (Å²) in [6.45, 7) is 5.25. The number of nitrogens with one attached hydrogen (secondary N) is 1. The van der Waals surface area contributed by atoms with Gasteiger partial charge < -0.3 is 19.5 Å². The molecule has 7 heteroatoms. The molecule has 1 aliphatic rings. The predicted molar refractivity (Wildman–Crippen MR) is 118 cm³/mol. The Balaban J connectivity index is 1.88. The molecule has 1 aliphatic carbocycles. The molecule has 0 aliphatic heterocycles. The van der Waals surface area contributed by atoms with Gasteiger partial charge in [0.15, 0.2) is 5.65 Å². The molecule has 4 rings (SSSR count). The van der Waals surface area contributed by atoms with Crippen LogP contribution < -0.4 is 10.1 Å². The number of benzene rings is 1. The van der Waals surface area contributed by atoms with E-state index in [-0.39, 0.29) is 6.04 Å². The van der Waals surface area contributed by atoms with Crippen LogP contribution in [0.5, 0.6) is 5.75 Å². The Morgan fingerprint density at radius 3 is 2.53 bits per heavy atom. The van der Waals surface area contributed by atoms with E-state index >= 15 is 0 Å². The monoisotopic (exact) mass is 410 g/mol. The third-order valence-corrected chi connectivity index (χ3v) is 5.74. The van der Waals surface area contributed by atoms with E-state index in [2.05, 4.69) is 24.4 Å². The van der Waals surface area contributed by atoms with Gasteiger partial charge in [0.05, 0.1) is 32.1 Å². The highest BCUT2D eigenvalue weighted by Crippen LogP contribution is 2.36. The van der Waals surface area contributed by atoms with Crippen LogP contribution in [-0.4, -0.2) is 55.2 Å². The van der Waals surface area contributed by atoms with E-state index in [1.54, 1.807) is 21.3 Å². The van der Waals surface area contributed by atoms with Crippen molar-refractivity contribution in [1.29, 1.82) is 0 Å². The minimum atomic E-state index is 0.0333. The Hall–Kier alpha value is -2.64. The minimum Gasteiger partial charge on any atom is -0.497 e. The summed E-state index contributed by atoms with van der Waals surface area (Å²) in [6, 6.07) is 6.17. The third kappa shape index (κ3) is 3.63. The largest absolute Gasteiger partial charge is 0.497 e. The van der Waals surface area contributed by atoms with Crippen molar-refractivity contribution in [3.63, 3.8) is 0 Å². The van der Waals surface area contributed by atoms with Crippen LogP contribution in [0.3, 0.4) is 0 Å². The van der Waals surface area contributed by atoms with Crippen molar-refractivity contribution >= 4 is 11.5 Å². The molecule has 160 valence electrons. The smallest absolute Gasteiger partial charge is 0.165 e. The zero-order valence-corrected chi connectivity index (χ0v) is 18.4. The van der Waals surface area contributed by atoms with Crippen LogP contribution >= 0.6 is 0 Å². The van der Waals surface area contributed by atoms with Crippen LogP contribution in [0, 0.1) is 13.8 Å². The van der Waals surface area contributed by atoms with Crippen molar-refractivity contribution in [3.05, 3.63) is 40.7 Å². The number of aryl methyl sites for hydroxylation is 3. The second-order valence-electron chi connectivity index (χ2n) is 7.87. The molecule has 0 atom stereocenters. The van der Waals surface area contributed by atoms with E-state index in [0.29, 0.717) is 13.2 Å². The molecule has 3 aromatic rings. The molecule has 0 bridgehead atoms. The molecule has 0 saturated heterocycles. The van der Waals surface area contributed by atoms with Gasteiger partial charge in [0, 0.05) is 31.0 Å². The van der Waals surface area contributed by atoms with Gasteiger partial charge in [-0.25, -0.2) is 4.98 Å². The number of fused-ring (bicyclic) bond motifs is 2. The molecular weight excluding hydrogens is 380 g/mol. The molecule has 2 heterocycles. The Morgan fingerprint density at radius 2 is 1.87 bits per heavy atom. The maximum Gasteiger partial charge on any atom is 0.165 e. The Morgan fingerprint density at radius 1 is 1.10 bits per heavy atom. The summed E-state index contributed by atoms with van der Waals surface area (Å²) in [5, 5.41) is 8.54. The number of methoxy groups -OCH3 is 3. The van der Waals surface area contributed by atoms with Crippen molar-refractivity contribution in [3.8, 4) is 16.9 Å². The first-order chi connectivity index (χ1) is 14.6. The standard InChI is InChI=1S/C23H30N4O3/c1-14-11-17(30-5)9-10-18(14)21-15(2)26-27-22(24-16(12-28-3)13-29-4)19-7-6-8-20(19)25-23(21)27/h9-11,16,24H,6-8,12-13H2,1-5H3. The normalized spacial score (nSPS) is 13.3. The first kappa shape index (κ1) is 20.6. The summed E-state index contributed by atoms with van der Waals surface area (Å²) in [5.74, 6) is 1.86. The summed E-state index contributed by atoms with van der Waals surface area (Å²) >= 11 is 0. The van der Waals surface area contributed by atoms with E-state index in [0.717, 1.165) is 64.6 Å². The SMILES string of the molecule is COCC(COC)Nc1c2c(nc3c(-c4ccc(OC)cc4C)c(C)nn13)CCC2. The Kier molecular flexibility index (Phi) is 5.92. The lowest BCUT2D eigenvalue weighted by Gasteiger charge is -2.21. The maximum absolute atomic E-state index is 5.40. The summed E-state index contributed by atoms with van der Waals surface area (Å²) in [7, 11) is 5.10. The molecular formula is C23H30N4O3. The van der Waals surface area contributed by atoms with Crippen molar-refractivity contribution < 1.29 is 14.2 Å². The summed E-state index contributed by atoms with van der Waals surface area (Å²) < 4.78 is 18.1. The molecule has 7 nitrogen and oxygen atoms in total. The molecule has 0 fully saturated rings. The fraction of sp³-hybridized carbons (Fsp3) is 0.478. The van der Waals surface area contributed by atoms with Crippen LogP contribution in [0.25, 0.3) is 16.8 Å². The molecule has 0 spiro atoms. The van der Waals surface area contributed by atoms with Crippen LogP contribution in [0.15, 0.2) is 18.2 Å². The van der Waals surface area contributed by atoms with Gasteiger partial charge in [-0.2, -0.15) is 9.61 Å². The van der Waals surface area contributed by atoms with Crippen molar-refractivity contribution in [2.75, 3.05) is 39.9 Å². The number of aromatic nitrogens is 3. The van der Waals surface area contributed by atoms with E-state index in [9.17, 15) is 0 Å². The Labute approximate surface area is 177 Å². The molecule has 0 saturated carbocycles. The fourth-order valence-corrected chi connectivity index (χ4v) is 4.37. The first-order valence-electron chi connectivity index (χ1n) is 10.4. The summed E-state index contributed by atoms with van der Waals surface area (Å²) in [5.41, 5.74) is 7.59. The number of hydrogen-bond donors (Lipinski definition) is 1. The highest BCUT2D eigenvalue weighted by atomic mass is 16.5. The Bertz CT molecular complexity index is 1050. The molecule has 1 N–H and O–H groups in total. The summed E-state index contributed by atoms with van der Waals surface area (Å²) in [6.07, 6.45) is 3.10. The van der Waals surface area contributed by atoms with Gasteiger partial charge in [-0.15, -0.1) is 0 Å². The fourth-order valence-electron chi connectivity index (χ4n) is 4.37. The predicted octanol–water partition coefficient (Wildman–Crippen LogP) is 3.58. The zero-order chi connectivity index (χ0) is 21.3. The topological polar surface area (TPSA) is 69.9 Å². The van der Waals surface area contributed by atoms with E-state index in [4.69, 9.17) is 24.3 Å². The number of anilines is 1. The van der Waals surface area contributed by atoms with Gasteiger partial charge in [-0.3, -0.25) is 0 Å².